The fourth-order valence-electron chi connectivity index (χ4n) is 3.93. The fraction of sp³-hybridized carbons (Fsp3) is 0.368. The van der Waals surface area contributed by atoms with Gasteiger partial charge in [-0.2, -0.15) is 0 Å². The molecule has 0 saturated carbocycles. The molecule has 1 unspecified atom stereocenters. The highest BCUT2D eigenvalue weighted by molar-refractivity contribution is 5.50. The number of benzene rings is 2. The van der Waals surface area contributed by atoms with Gasteiger partial charge in [0.2, 0.25) is 0 Å². The van der Waals surface area contributed by atoms with E-state index >= 15 is 0 Å². The number of aryl methyl sites for hydroxylation is 1. The Labute approximate surface area is 135 Å². The van der Waals surface area contributed by atoms with Gasteiger partial charge in [0.25, 0.3) is 0 Å². The monoisotopic (exact) mass is 311 g/mol. The van der Waals surface area contributed by atoms with Crippen LogP contribution in [0.4, 0.5) is 0 Å². The van der Waals surface area contributed by atoms with E-state index in [4.69, 9.17) is 4.74 Å². The molecule has 0 amide bonds. The molecule has 0 aliphatic carbocycles. The van der Waals surface area contributed by atoms with E-state index in [0.29, 0.717) is 11.5 Å². The minimum absolute atomic E-state index is 0.204. The predicted molar refractivity (Wildman–Crippen MR) is 88.1 cm³/mol. The largest absolute Gasteiger partial charge is 0.508 e. The number of phenolic OH excluding ortho intramolecular Hbond substituents is 2. The predicted octanol–water partition coefficient (Wildman–Crippen LogP) is 3.07. The van der Waals surface area contributed by atoms with Crippen LogP contribution in [-0.2, 0) is 19.4 Å². The Morgan fingerprint density at radius 3 is 2.65 bits per heavy atom. The highest BCUT2D eigenvalue weighted by Gasteiger charge is 2.33. The molecule has 0 spiro atoms. The zero-order valence-corrected chi connectivity index (χ0v) is 13.5. The van der Waals surface area contributed by atoms with Crippen molar-refractivity contribution in [1.82, 2.24) is 4.90 Å². The maximum Gasteiger partial charge on any atom is 0.160 e. The molecule has 2 aromatic carbocycles. The summed E-state index contributed by atoms with van der Waals surface area (Å²) in [5.41, 5.74) is 5.90. The van der Waals surface area contributed by atoms with Gasteiger partial charge in [-0.1, -0.05) is 6.07 Å². The topological polar surface area (TPSA) is 52.9 Å². The van der Waals surface area contributed by atoms with Crippen LogP contribution in [0.2, 0.25) is 0 Å². The molecule has 4 heteroatoms. The van der Waals surface area contributed by atoms with Crippen molar-refractivity contribution in [3.8, 4) is 17.2 Å². The van der Waals surface area contributed by atoms with Crippen LogP contribution in [0.15, 0.2) is 24.3 Å². The molecule has 4 rings (SSSR count). The highest BCUT2D eigenvalue weighted by Crippen LogP contribution is 2.42. The lowest BCUT2D eigenvalue weighted by atomic mass is 9.83. The average molecular weight is 311 g/mol. The number of ether oxygens (including phenoxy) is 1. The van der Waals surface area contributed by atoms with Gasteiger partial charge < -0.3 is 14.9 Å². The van der Waals surface area contributed by atoms with Gasteiger partial charge in [-0.05, 0) is 65.8 Å². The van der Waals surface area contributed by atoms with Crippen LogP contribution in [0.3, 0.4) is 0 Å². The summed E-state index contributed by atoms with van der Waals surface area (Å²) >= 11 is 0. The number of aromatic hydroxyl groups is 2. The molecule has 2 heterocycles. The van der Waals surface area contributed by atoms with Gasteiger partial charge in [0.05, 0.1) is 7.11 Å². The summed E-state index contributed by atoms with van der Waals surface area (Å²) in [5.74, 6) is 1.11. The van der Waals surface area contributed by atoms with E-state index < -0.39 is 0 Å². The first-order valence-corrected chi connectivity index (χ1v) is 8.02. The van der Waals surface area contributed by atoms with Crippen molar-refractivity contribution in [3.63, 3.8) is 0 Å². The SMILES string of the molecule is COc1cc2c(cc1O)CN1CCc3cc(C)c(O)cc3C1C2. The molecular weight excluding hydrogens is 290 g/mol. The summed E-state index contributed by atoms with van der Waals surface area (Å²) in [4.78, 5) is 2.44. The van der Waals surface area contributed by atoms with Crippen molar-refractivity contribution in [2.45, 2.75) is 32.4 Å². The Morgan fingerprint density at radius 1 is 1.04 bits per heavy atom. The molecule has 120 valence electrons. The first kappa shape index (κ1) is 14.4. The van der Waals surface area contributed by atoms with E-state index in [1.165, 1.54) is 22.3 Å². The minimum Gasteiger partial charge on any atom is -0.508 e. The summed E-state index contributed by atoms with van der Waals surface area (Å²) in [6.45, 7) is 3.78. The van der Waals surface area contributed by atoms with Crippen LogP contribution < -0.4 is 4.74 Å². The number of methoxy groups -OCH3 is 1. The van der Waals surface area contributed by atoms with E-state index in [-0.39, 0.29) is 11.8 Å². The standard InChI is InChI=1S/C19H21NO3/c1-11-5-12-3-4-20-10-14-7-18(22)19(23-2)8-13(14)6-16(20)15(12)9-17(11)21/h5,7-9,16,21-22H,3-4,6,10H2,1-2H3. The third-order valence-corrected chi connectivity index (χ3v) is 5.21. The maximum atomic E-state index is 10.1. The van der Waals surface area contributed by atoms with Gasteiger partial charge >= 0.3 is 0 Å². The normalized spacial score (nSPS) is 19.7. The average Bonchev–Trinajstić information content (AvgIpc) is 2.54. The molecule has 2 aliphatic heterocycles. The van der Waals surface area contributed by atoms with E-state index in [2.05, 4.69) is 11.0 Å². The summed E-state index contributed by atoms with van der Waals surface area (Å²) in [6.07, 6.45) is 1.88. The lowest BCUT2D eigenvalue weighted by Crippen LogP contribution is -2.39. The molecule has 4 nitrogen and oxygen atoms in total. The van der Waals surface area contributed by atoms with Gasteiger partial charge in [-0.15, -0.1) is 0 Å². The summed E-state index contributed by atoms with van der Waals surface area (Å²) < 4.78 is 5.25. The second-order valence-electron chi connectivity index (χ2n) is 6.57. The van der Waals surface area contributed by atoms with Gasteiger partial charge in [0.1, 0.15) is 5.75 Å². The highest BCUT2D eigenvalue weighted by atomic mass is 16.5. The molecule has 2 N–H and O–H groups in total. The summed E-state index contributed by atoms with van der Waals surface area (Å²) in [7, 11) is 1.58. The zero-order chi connectivity index (χ0) is 16.1. The number of nitrogens with zero attached hydrogens (tertiary/aromatic N) is 1. The van der Waals surface area contributed by atoms with Crippen LogP contribution in [-0.4, -0.2) is 28.8 Å². The molecule has 0 fully saturated rings. The molecule has 0 radical (unpaired) electrons. The third kappa shape index (κ3) is 2.25. The lowest BCUT2D eigenvalue weighted by molar-refractivity contribution is 0.160. The van der Waals surface area contributed by atoms with E-state index in [0.717, 1.165) is 31.5 Å². The Kier molecular flexibility index (Phi) is 3.23. The van der Waals surface area contributed by atoms with E-state index in [9.17, 15) is 10.2 Å². The first-order valence-electron chi connectivity index (χ1n) is 8.02. The Morgan fingerprint density at radius 2 is 1.87 bits per heavy atom. The zero-order valence-electron chi connectivity index (χ0n) is 13.5. The van der Waals surface area contributed by atoms with Crippen molar-refractivity contribution >= 4 is 0 Å². The van der Waals surface area contributed by atoms with Crippen molar-refractivity contribution in [2.75, 3.05) is 13.7 Å². The number of hydrogen-bond acceptors (Lipinski definition) is 4. The number of rotatable bonds is 1. The third-order valence-electron chi connectivity index (χ3n) is 5.21. The van der Waals surface area contributed by atoms with Crippen LogP contribution in [0, 0.1) is 6.92 Å². The van der Waals surface area contributed by atoms with Crippen molar-refractivity contribution in [1.29, 1.82) is 0 Å². The van der Waals surface area contributed by atoms with Crippen LogP contribution in [0.25, 0.3) is 0 Å². The van der Waals surface area contributed by atoms with Gasteiger partial charge in [0.15, 0.2) is 11.5 Å². The van der Waals surface area contributed by atoms with Gasteiger partial charge in [0, 0.05) is 19.1 Å². The lowest BCUT2D eigenvalue weighted by Gasteiger charge is -2.41. The molecule has 23 heavy (non-hydrogen) atoms. The molecular formula is C19H21NO3. The summed E-state index contributed by atoms with van der Waals surface area (Å²) in [6, 6.07) is 8.11. The maximum absolute atomic E-state index is 10.1. The minimum atomic E-state index is 0.204. The summed E-state index contributed by atoms with van der Waals surface area (Å²) in [5, 5.41) is 20.1. The molecule has 1 atom stereocenters. The van der Waals surface area contributed by atoms with Crippen molar-refractivity contribution < 1.29 is 14.9 Å². The Bertz CT molecular complexity index is 785. The van der Waals surface area contributed by atoms with Gasteiger partial charge in [-0.25, -0.2) is 0 Å². The van der Waals surface area contributed by atoms with Crippen LogP contribution in [0.1, 0.15) is 33.9 Å². The van der Waals surface area contributed by atoms with Gasteiger partial charge in [-0.3, -0.25) is 4.90 Å². The van der Waals surface area contributed by atoms with E-state index in [1.54, 1.807) is 7.11 Å². The number of phenols is 2. The first-order chi connectivity index (χ1) is 11.1. The molecule has 2 aliphatic rings. The number of fused-ring (bicyclic) bond motifs is 4. The second-order valence-corrected chi connectivity index (χ2v) is 6.57. The molecule has 0 bridgehead atoms. The number of hydrogen-bond donors (Lipinski definition) is 2. The van der Waals surface area contributed by atoms with Crippen LogP contribution >= 0.6 is 0 Å². The Balaban J connectivity index is 1.77. The second kappa shape index (κ2) is 5.17. The van der Waals surface area contributed by atoms with Crippen molar-refractivity contribution in [2.24, 2.45) is 0 Å². The van der Waals surface area contributed by atoms with Crippen LogP contribution in [0.5, 0.6) is 17.2 Å². The fourth-order valence-corrected chi connectivity index (χ4v) is 3.93. The van der Waals surface area contributed by atoms with Crippen molar-refractivity contribution in [3.05, 3.63) is 52.1 Å². The smallest absolute Gasteiger partial charge is 0.160 e. The molecule has 0 aromatic heterocycles. The Hall–Kier alpha value is -2.20. The molecule has 0 saturated heterocycles. The quantitative estimate of drug-likeness (QED) is 0.850. The molecule has 2 aromatic rings. The van der Waals surface area contributed by atoms with E-state index in [1.807, 2.05) is 25.1 Å².